The zero-order valence-corrected chi connectivity index (χ0v) is 13.8. The van der Waals surface area contributed by atoms with Crippen LogP contribution in [0.5, 0.6) is 0 Å². The van der Waals surface area contributed by atoms with Gasteiger partial charge in [0.1, 0.15) is 5.82 Å². The number of aromatic nitrogens is 1. The number of fused-ring (bicyclic) bond motifs is 1. The highest BCUT2D eigenvalue weighted by Gasteiger charge is 2.29. The first-order valence-corrected chi connectivity index (χ1v) is 7.83. The summed E-state index contributed by atoms with van der Waals surface area (Å²) in [7, 11) is 3.90. The van der Waals surface area contributed by atoms with Gasteiger partial charge in [-0.15, -0.1) is 0 Å². The highest BCUT2D eigenvalue weighted by Crippen LogP contribution is 2.35. The first-order chi connectivity index (χ1) is 11.1. The second-order valence-corrected chi connectivity index (χ2v) is 6.15. The molecule has 0 saturated carbocycles. The molecule has 23 heavy (non-hydrogen) atoms. The smallest absolute Gasteiger partial charge is 0.322 e. The lowest BCUT2D eigenvalue weighted by atomic mass is 10.0. The molecular weight excluding hydrogens is 288 g/mol. The van der Waals surface area contributed by atoms with E-state index < -0.39 is 0 Å². The van der Waals surface area contributed by atoms with Gasteiger partial charge in [-0.3, -0.25) is 4.90 Å². The lowest BCUT2D eigenvalue weighted by Crippen LogP contribution is -2.38. The van der Waals surface area contributed by atoms with Crippen LogP contribution in [0, 0.1) is 0 Å². The number of benzene rings is 1. The third-order valence-electron chi connectivity index (χ3n) is 4.17. The van der Waals surface area contributed by atoms with Gasteiger partial charge in [0.15, 0.2) is 0 Å². The van der Waals surface area contributed by atoms with Crippen LogP contribution < -0.4 is 15.1 Å². The third kappa shape index (κ3) is 3.13. The molecule has 120 valence electrons. The minimum Gasteiger partial charge on any atom is -0.363 e. The number of para-hydroxylation sites is 1. The molecule has 1 N–H and O–H groups in total. The summed E-state index contributed by atoms with van der Waals surface area (Å²) in [6.07, 6.45) is 1.77. The third-order valence-corrected chi connectivity index (χ3v) is 4.17. The number of hydrogen-bond acceptors (Lipinski definition) is 3. The minimum absolute atomic E-state index is 0.0509. The van der Waals surface area contributed by atoms with Crippen molar-refractivity contribution >= 4 is 17.5 Å². The molecule has 0 saturated heterocycles. The first kappa shape index (κ1) is 15.3. The largest absolute Gasteiger partial charge is 0.363 e. The van der Waals surface area contributed by atoms with E-state index in [0.717, 1.165) is 23.6 Å². The second kappa shape index (κ2) is 6.28. The van der Waals surface area contributed by atoms with Gasteiger partial charge >= 0.3 is 6.03 Å². The molecule has 2 aromatic rings. The number of rotatable bonds is 3. The molecular formula is C18H22N4O. The molecule has 1 aliphatic heterocycles. The van der Waals surface area contributed by atoms with Crippen LogP contribution in [-0.4, -0.2) is 31.7 Å². The van der Waals surface area contributed by atoms with Crippen LogP contribution in [0.15, 0.2) is 42.6 Å². The average Bonchev–Trinajstić information content (AvgIpc) is 2.90. The molecule has 1 unspecified atom stereocenters. The normalized spacial score (nSPS) is 16.1. The summed E-state index contributed by atoms with van der Waals surface area (Å²) in [6.45, 7) is 3.37. The Morgan fingerprint density at radius 1 is 1.35 bits per heavy atom. The summed E-state index contributed by atoms with van der Waals surface area (Å²) in [5, 5.41) is 3.01. The van der Waals surface area contributed by atoms with Crippen molar-refractivity contribution in [3.8, 4) is 0 Å². The van der Waals surface area contributed by atoms with Crippen molar-refractivity contribution < 1.29 is 4.79 Å². The van der Waals surface area contributed by atoms with Gasteiger partial charge in [-0.2, -0.15) is 0 Å². The van der Waals surface area contributed by atoms with E-state index in [9.17, 15) is 4.79 Å². The van der Waals surface area contributed by atoms with Crippen molar-refractivity contribution in [2.75, 3.05) is 30.4 Å². The van der Waals surface area contributed by atoms with E-state index in [-0.39, 0.29) is 6.03 Å². The highest BCUT2D eigenvalue weighted by atomic mass is 16.2. The number of carbonyl (C=O) groups is 1. The van der Waals surface area contributed by atoms with Gasteiger partial charge in [-0.25, -0.2) is 9.78 Å². The molecule has 0 spiro atoms. The molecule has 1 aromatic heterocycles. The fourth-order valence-electron chi connectivity index (χ4n) is 2.90. The summed E-state index contributed by atoms with van der Waals surface area (Å²) >= 11 is 0. The van der Waals surface area contributed by atoms with Crippen molar-refractivity contribution in [3.05, 3.63) is 53.7 Å². The van der Waals surface area contributed by atoms with Crippen LogP contribution >= 0.6 is 0 Å². The predicted octanol–water partition coefficient (Wildman–Crippen LogP) is 2.98. The van der Waals surface area contributed by atoms with Crippen LogP contribution in [0.25, 0.3) is 0 Å². The van der Waals surface area contributed by atoms with E-state index in [2.05, 4.69) is 23.3 Å². The van der Waals surface area contributed by atoms with Crippen LogP contribution in [0.4, 0.5) is 16.3 Å². The zero-order chi connectivity index (χ0) is 16.4. The van der Waals surface area contributed by atoms with Crippen molar-refractivity contribution in [2.24, 2.45) is 0 Å². The number of carbonyl (C=O) groups excluding carboxylic acids is 1. The summed E-state index contributed by atoms with van der Waals surface area (Å²) in [5.74, 6) is 1.26. The lowest BCUT2D eigenvalue weighted by molar-refractivity contribution is 0.246. The molecule has 2 amide bonds. The maximum atomic E-state index is 12.5. The molecule has 0 aliphatic carbocycles. The Kier molecular flexibility index (Phi) is 4.19. The van der Waals surface area contributed by atoms with Gasteiger partial charge < -0.3 is 10.2 Å². The highest BCUT2D eigenvalue weighted by molar-refractivity contribution is 5.94. The first-order valence-electron chi connectivity index (χ1n) is 7.83. The summed E-state index contributed by atoms with van der Waals surface area (Å²) < 4.78 is 0. The fraction of sp³-hybridized carbons (Fsp3) is 0.333. The molecule has 1 aromatic carbocycles. The summed E-state index contributed by atoms with van der Waals surface area (Å²) in [5.41, 5.74) is 3.29. The number of nitrogens with zero attached hydrogens (tertiary/aromatic N) is 3. The van der Waals surface area contributed by atoms with E-state index in [1.807, 2.05) is 54.2 Å². The van der Waals surface area contributed by atoms with Crippen molar-refractivity contribution in [3.63, 3.8) is 0 Å². The van der Waals surface area contributed by atoms with E-state index >= 15 is 0 Å². The lowest BCUT2D eigenvalue weighted by Gasteiger charge is -2.19. The molecule has 0 radical (unpaired) electrons. The van der Waals surface area contributed by atoms with Crippen LogP contribution in [0.3, 0.4) is 0 Å². The predicted molar refractivity (Wildman–Crippen MR) is 93.0 cm³/mol. The molecule has 1 atom stereocenters. The maximum Gasteiger partial charge on any atom is 0.322 e. The number of nitrogens with one attached hydrogen (secondary N) is 1. The molecule has 3 rings (SSSR count). The fourth-order valence-corrected chi connectivity index (χ4v) is 2.90. The van der Waals surface area contributed by atoms with Crippen LogP contribution in [0.2, 0.25) is 0 Å². The molecule has 0 bridgehead atoms. The van der Waals surface area contributed by atoms with E-state index in [1.165, 1.54) is 5.56 Å². The zero-order valence-electron chi connectivity index (χ0n) is 13.8. The Morgan fingerprint density at radius 2 is 2.13 bits per heavy atom. The van der Waals surface area contributed by atoms with Gasteiger partial charge in [-0.1, -0.05) is 25.1 Å². The van der Waals surface area contributed by atoms with Crippen molar-refractivity contribution in [1.82, 2.24) is 10.3 Å². The van der Waals surface area contributed by atoms with Gasteiger partial charge in [0, 0.05) is 45.0 Å². The Morgan fingerprint density at radius 3 is 2.91 bits per heavy atom. The maximum absolute atomic E-state index is 12.5. The summed E-state index contributed by atoms with van der Waals surface area (Å²) in [4.78, 5) is 20.6. The summed E-state index contributed by atoms with van der Waals surface area (Å²) in [6, 6.07) is 12.0. The quantitative estimate of drug-likeness (QED) is 0.948. The monoisotopic (exact) mass is 310 g/mol. The number of pyridine rings is 1. The molecule has 0 fully saturated rings. The number of amides is 2. The van der Waals surface area contributed by atoms with Gasteiger partial charge in [0.25, 0.3) is 0 Å². The van der Waals surface area contributed by atoms with Gasteiger partial charge in [0.2, 0.25) is 0 Å². The van der Waals surface area contributed by atoms with Crippen LogP contribution in [0.1, 0.15) is 24.0 Å². The standard InChI is InChI=1S/C18H22N4O/c1-13-12-22(16-7-5-4-6-15(13)16)18(23)20-11-14-8-9-19-17(10-14)21(2)3/h4-10,13H,11-12H2,1-3H3,(H,20,23). The average molecular weight is 310 g/mol. The number of hydrogen-bond donors (Lipinski definition) is 1. The van der Waals surface area contributed by atoms with Gasteiger partial charge in [-0.05, 0) is 29.3 Å². The number of anilines is 2. The minimum atomic E-state index is -0.0509. The Hall–Kier alpha value is -2.56. The van der Waals surface area contributed by atoms with Crippen molar-refractivity contribution in [1.29, 1.82) is 0 Å². The molecule has 1 aliphatic rings. The molecule has 5 heteroatoms. The topological polar surface area (TPSA) is 48.5 Å². The van der Waals surface area contributed by atoms with Crippen LogP contribution in [-0.2, 0) is 6.54 Å². The van der Waals surface area contributed by atoms with Crippen molar-refractivity contribution in [2.45, 2.75) is 19.4 Å². The Labute approximate surface area is 136 Å². The SMILES string of the molecule is CC1CN(C(=O)NCc2ccnc(N(C)C)c2)c2ccccc21. The molecule has 2 heterocycles. The second-order valence-electron chi connectivity index (χ2n) is 6.15. The van der Waals surface area contributed by atoms with E-state index in [4.69, 9.17) is 0 Å². The van der Waals surface area contributed by atoms with Gasteiger partial charge in [0.05, 0.1) is 0 Å². The molecule has 5 nitrogen and oxygen atoms in total. The Bertz CT molecular complexity index is 714. The Balaban J connectivity index is 1.68. The van der Waals surface area contributed by atoms with E-state index in [0.29, 0.717) is 12.5 Å². The number of urea groups is 1. The van der Waals surface area contributed by atoms with E-state index in [1.54, 1.807) is 6.20 Å².